The highest BCUT2D eigenvalue weighted by molar-refractivity contribution is 5.96. The van der Waals surface area contributed by atoms with E-state index in [1.54, 1.807) is 0 Å². The number of aryl methyl sites for hydroxylation is 2. The van der Waals surface area contributed by atoms with Crippen molar-refractivity contribution in [2.75, 3.05) is 11.9 Å². The highest BCUT2D eigenvalue weighted by Gasteiger charge is 2.18. The number of esters is 1. The molecule has 8 heteroatoms. The van der Waals surface area contributed by atoms with Crippen LogP contribution in [0.4, 0.5) is 14.5 Å². The number of hydrogen-bond donors (Lipinski definition) is 1. The summed E-state index contributed by atoms with van der Waals surface area (Å²) in [7, 11) is 0. The van der Waals surface area contributed by atoms with Gasteiger partial charge in [-0.3, -0.25) is 4.79 Å². The van der Waals surface area contributed by atoms with Crippen LogP contribution in [0.2, 0.25) is 0 Å². The Morgan fingerprint density at radius 1 is 1.21 bits per heavy atom. The summed E-state index contributed by atoms with van der Waals surface area (Å²) in [5, 5.41) is 2.15. The molecule has 2 aromatic rings. The van der Waals surface area contributed by atoms with Gasteiger partial charge in [-0.15, -0.1) is 0 Å². The average molecular weight is 337 g/mol. The molecule has 2 rings (SSSR count). The molecule has 1 aromatic carbocycles. The average Bonchev–Trinajstić information content (AvgIpc) is 2.47. The molecule has 6 nitrogen and oxygen atoms in total. The Bertz CT molecular complexity index is 834. The monoisotopic (exact) mass is 337 g/mol. The number of halogens is 2. The number of nitrogens with one attached hydrogen (secondary N) is 1. The first-order valence-electron chi connectivity index (χ1n) is 6.81. The molecule has 126 valence electrons. The maximum Gasteiger partial charge on any atom is 0.342 e. The lowest BCUT2D eigenvalue weighted by atomic mass is 10.1. The molecule has 0 saturated carbocycles. The van der Waals surface area contributed by atoms with Crippen LogP contribution in [-0.2, 0) is 9.53 Å². The van der Waals surface area contributed by atoms with E-state index in [9.17, 15) is 23.2 Å². The van der Waals surface area contributed by atoms with Gasteiger partial charge in [-0.05, 0) is 31.5 Å². The van der Waals surface area contributed by atoms with E-state index in [4.69, 9.17) is 9.15 Å². The first-order chi connectivity index (χ1) is 11.3. The molecule has 0 radical (unpaired) electrons. The number of carbonyl (C=O) groups is 2. The summed E-state index contributed by atoms with van der Waals surface area (Å²) in [5.41, 5.74) is -0.462. The molecule has 0 fully saturated rings. The van der Waals surface area contributed by atoms with Gasteiger partial charge in [0.05, 0.1) is 5.69 Å². The molecule has 1 amide bonds. The van der Waals surface area contributed by atoms with Crippen LogP contribution in [0.25, 0.3) is 0 Å². The van der Waals surface area contributed by atoms with E-state index in [0.29, 0.717) is 11.6 Å². The molecule has 1 aromatic heterocycles. The zero-order valence-corrected chi connectivity index (χ0v) is 12.8. The number of benzene rings is 1. The van der Waals surface area contributed by atoms with Crippen LogP contribution in [0.15, 0.2) is 33.5 Å². The summed E-state index contributed by atoms with van der Waals surface area (Å²) < 4.78 is 35.8. The van der Waals surface area contributed by atoms with E-state index in [0.717, 1.165) is 18.2 Å². The van der Waals surface area contributed by atoms with Crippen molar-refractivity contribution in [1.82, 2.24) is 0 Å². The SMILES string of the molecule is Cc1cc(=O)oc(C)c1C(=O)OCC(=O)Nc1ccc(F)cc1F. The van der Waals surface area contributed by atoms with Crippen LogP contribution >= 0.6 is 0 Å². The van der Waals surface area contributed by atoms with Crippen LogP contribution < -0.4 is 10.9 Å². The molecular formula is C16H13F2NO5. The number of carbonyl (C=O) groups excluding carboxylic acids is 2. The van der Waals surface area contributed by atoms with Gasteiger partial charge in [0.2, 0.25) is 0 Å². The van der Waals surface area contributed by atoms with Crippen molar-refractivity contribution in [3.8, 4) is 0 Å². The van der Waals surface area contributed by atoms with Gasteiger partial charge >= 0.3 is 11.6 Å². The van der Waals surface area contributed by atoms with Crippen molar-refractivity contribution in [2.24, 2.45) is 0 Å². The topological polar surface area (TPSA) is 85.6 Å². The van der Waals surface area contributed by atoms with E-state index in [2.05, 4.69) is 5.32 Å². The number of amides is 1. The maximum atomic E-state index is 13.4. The van der Waals surface area contributed by atoms with Crippen molar-refractivity contribution < 1.29 is 27.5 Å². The summed E-state index contributed by atoms with van der Waals surface area (Å²) in [6.07, 6.45) is 0. The van der Waals surface area contributed by atoms with Crippen molar-refractivity contribution in [2.45, 2.75) is 13.8 Å². The second kappa shape index (κ2) is 7.03. The van der Waals surface area contributed by atoms with Gasteiger partial charge < -0.3 is 14.5 Å². The molecule has 0 saturated heterocycles. The minimum absolute atomic E-state index is 0.0374. The number of ether oxygens (including phenoxy) is 1. The summed E-state index contributed by atoms with van der Waals surface area (Å²) in [4.78, 5) is 34.8. The highest BCUT2D eigenvalue weighted by atomic mass is 19.1. The molecule has 0 atom stereocenters. The molecule has 0 bridgehead atoms. The molecule has 1 N–H and O–H groups in total. The third-order valence-electron chi connectivity index (χ3n) is 3.08. The largest absolute Gasteiger partial charge is 0.452 e. The summed E-state index contributed by atoms with van der Waals surface area (Å²) in [6.45, 7) is 2.25. The van der Waals surface area contributed by atoms with E-state index in [1.807, 2.05) is 0 Å². The van der Waals surface area contributed by atoms with Crippen molar-refractivity contribution in [1.29, 1.82) is 0 Å². The van der Waals surface area contributed by atoms with Gasteiger partial charge in [0, 0.05) is 12.1 Å². The van der Waals surface area contributed by atoms with Gasteiger partial charge in [0.15, 0.2) is 6.61 Å². The smallest absolute Gasteiger partial charge is 0.342 e. The Hall–Kier alpha value is -3.03. The molecule has 1 heterocycles. The van der Waals surface area contributed by atoms with Crippen LogP contribution in [0.3, 0.4) is 0 Å². The fourth-order valence-corrected chi connectivity index (χ4v) is 2.04. The second-order valence-corrected chi connectivity index (χ2v) is 4.93. The number of rotatable bonds is 4. The van der Waals surface area contributed by atoms with Crippen LogP contribution in [0.1, 0.15) is 21.7 Å². The Balaban J connectivity index is 2.01. The maximum absolute atomic E-state index is 13.4. The van der Waals surface area contributed by atoms with E-state index < -0.39 is 35.7 Å². The van der Waals surface area contributed by atoms with Gasteiger partial charge in [-0.1, -0.05) is 0 Å². The van der Waals surface area contributed by atoms with Gasteiger partial charge in [0.1, 0.15) is 23.0 Å². The zero-order valence-electron chi connectivity index (χ0n) is 12.8. The van der Waals surface area contributed by atoms with Crippen molar-refractivity contribution >= 4 is 17.6 Å². The Morgan fingerprint density at radius 3 is 2.54 bits per heavy atom. The first kappa shape index (κ1) is 17.3. The highest BCUT2D eigenvalue weighted by Crippen LogP contribution is 2.15. The quantitative estimate of drug-likeness (QED) is 0.866. The minimum Gasteiger partial charge on any atom is -0.452 e. The number of hydrogen-bond acceptors (Lipinski definition) is 5. The van der Waals surface area contributed by atoms with Crippen LogP contribution in [-0.4, -0.2) is 18.5 Å². The van der Waals surface area contributed by atoms with Crippen molar-refractivity contribution in [3.05, 3.63) is 63.2 Å². The standard InChI is InChI=1S/C16H13F2NO5/c1-8-5-14(21)24-9(2)15(8)16(22)23-7-13(20)19-12-4-3-10(17)6-11(12)18/h3-6H,7H2,1-2H3,(H,19,20). The number of anilines is 1. The first-order valence-corrected chi connectivity index (χ1v) is 6.81. The lowest BCUT2D eigenvalue weighted by Gasteiger charge is -2.09. The molecule has 24 heavy (non-hydrogen) atoms. The molecule has 0 unspecified atom stereocenters. The molecule has 0 spiro atoms. The zero-order chi connectivity index (χ0) is 17.9. The molecule has 0 aliphatic heterocycles. The van der Waals surface area contributed by atoms with Gasteiger partial charge in [0.25, 0.3) is 5.91 Å². The minimum atomic E-state index is -0.953. The normalized spacial score (nSPS) is 10.3. The lowest BCUT2D eigenvalue weighted by Crippen LogP contribution is -2.22. The van der Waals surface area contributed by atoms with E-state index in [1.165, 1.54) is 13.8 Å². The van der Waals surface area contributed by atoms with E-state index in [-0.39, 0.29) is 17.0 Å². The third-order valence-corrected chi connectivity index (χ3v) is 3.08. The second-order valence-electron chi connectivity index (χ2n) is 4.93. The predicted octanol–water partition coefficient (Wildman–Crippen LogP) is 2.33. The van der Waals surface area contributed by atoms with E-state index >= 15 is 0 Å². The van der Waals surface area contributed by atoms with Crippen LogP contribution in [0.5, 0.6) is 0 Å². The Kier molecular flexibility index (Phi) is 5.08. The van der Waals surface area contributed by atoms with Gasteiger partial charge in [-0.2, -0.15) is 0 Å². The lowest BCUT2D eigenvalue weighted by molar-refractivity contribution is -0.119. The van der Waals surface area contributed by atoms with Crippen LogP contribution in [0, 0.1) is 25.5 Å². The molecule has 0 aliphatic carbocycles. The fraction of sp³-hybridized carbons (Fsp3) is 0.188. The Morgan fingerprint density at radius 2 is 1.92 bits per heavy atom. The molecular weight excluding hydrogens is 324 g/mol. The third kappa shape index (κ3) is 4.03. The van der Waals surface area contributed by atoms with Crippen molar-refractivity contribution in [3.63, 3.8) is 0 Å². The Labute approximate surface area is 135 Å². The predicted molar refractivity (Wildman–Crippen MR) is 79.7 cm³/mol. The fourth-order valence-electron chi connectivity index (χ4n) is 2.04. The summed E-state index contributed by atoms with van der Waals surface area (Å²) in [6, 6.07) is 3.76. The van der Waals surface area contributed by atoms with Gasteiger partial charge in [-0.25, -0.2) is 18.4 Å². The molecule has 0 aliphatic rings. The summed E-state index contributed by atoms with van der Waals surface area (Å²) in [5.74, 6) is -3.33. The summed E-state index contributed by atoms with van der Waals surface area (Å²) >= 11 is 0.